The first-order valence-electron chi connectivity index (χ1n) is 2.16. The summed E-state index contributed by atoms with van der Waals surface area (Å²) >= 11 is 0. The van der Waals surface area contributed by atoms with Gasteiger partial charge < -0.3 is 22.3 Å². The fourth-order valence-corrected chi connectivity index (χ4v) is 0.565. The fourth-order valence-electron chi connectivity index (χ4n) is 0.565. The van der Waals surface area contributed by atoms with Crippen molar-refractivity contribution in [1.82, 2.24) is 5.32 Å². The Kier molecular flexibility index (Phi) is 8.41. The van der Waals surface area contributed by atoms with Crippen molar-refractivity contribution in [2.45, 2.75) is 12.8 Å². The molecule has 0 saturated carbocycles. The number of rotatable bonds is 0. The molecule has 42 valence electrons. The monoisotopic (exact) mass is 188 g/mol. The maximum absolute atomic E-state index is 10.1. The second-order valence-electron chi connectivity index (χ2n) is 1.45. The van der Waals surface area contributed by atoms with E-state index in [0.29, 0.717) is 0 Å². The Morgan fingerprint density at radius 2 is 2.12 bits per heavy atom. The largest absolute Gasteiger partial charge is 2.00 e. The summed E-state index contributed by atoms with van der Waals surface area (Å²) in [5, 5.41) is 2.68. The smallest absolute Gasteiger partial charge is 1.00 e. The summed E-state index contributed by atoms with van der Waals surface area (Å²) in [4.78, 5) is 10.1. The predicted molar refractivity (Wildman–Crippen MR) is 28.0 cm³/mol. The van der Waals surface area contributed by atoms with Crippen LogP contribution < -0.4 is 22.3 Å². The van der Waals surface area contributed by atoms with Crippen molar-refractivity contribution in [2.24, 2.45) is 0 Å². The molecule has 0 aromatic carbocycles. The van der Waals surface area contributed by atoms with Gasteiger partial charge in [0, 0.05) is 13.0 Å². The van der Waals surface area contributed by atoms with E-state index in [1.807, 2.05) is 0 Å². The second kappa shape index (κ2) is 5.85. The number of nitrogens with one attached hydrogen (secondary N) is 1. The van der Waals surface area contributed by atoms with Crippen molar-refractivity contribution in [3.63, 3.8) is 0 Å². The van der Waals surface area contributed by atoms with E-state index in [2.05, 4.69) is 5.32 Å². The Balaban J connectivity index is 0. The molecule has 4 heteroatoms. The van der Waals surface area contributed by atoms with E-state index in [0.717, 1.165) is 19.4 Å². The van der Waals surface area contributed by atoms with Gasteiger partial charge >= 0.3 is 23.1 Å². The van der Waals surface area contributed by atoms with E-state index in [1.54, 1.807) is 0 Å². The molecule has 0 spiro atoms. The van der Waals surface area contributed by atoms with Crippen LogP contribution in [0.2, 0.25) is 0 Å². The quantitative estimate of drug-likeness (QED) is 0.394. The van der Waals surface area contributed by atoms with Crippen LogP contribution in [0.3, 0.4) is 0 Å². The van der Waals surface area contributed by atoms with Gasteiger partial charge in [0.25, 0.3) is 0 Å². The zero-order valence-electron chi connectivity index (χ0n) is 4.61. The van der Waals surface area contributed by atoms with Gasteiger partial charge in [-0.25, -0.2) is 0 Å². The van der Waals surface area contributed by atoms with Crippen LogP contribution in [0.1, 0.15) is 12.8 Å². The molecule has 1 fully saturated rings. The van der Waals surface area contributed by atoms with E-state index < -0.39 is 0 Å². The number of amides is 1. The molecular formula is C4H7BrMgNO+. The molecule has 1 heterocycles. The maximum Gasteiger partial charge on any atom is 2.00 e. The third kappa shape index (κ3) is 3.69. The van der Waals surface area contributed by atoms with Gasteiger partial charge in [0.15, 0.2) is 0 Å². The summed E-state index contributed by atoms with van der Waals surface area (Å²) in [7, 11) is 0. The van der Waals surface area contributed by atoms with Crippen molar-refractivity contribution in [3.8, 4) is 0 Å². The van der Waals surface area contributed by atoms with Crippen LogP contribution >= 0.6 is 0 Å². The molecule has 1 amide bonds. The second-order valence-corrected chi connectivity index (χ2v) is 1.45. The molecule has 2 nitrogen and oxygen atoms in total. The van der Waals surface area contributed by atoms with Gasteiger partial charge in [0.05, 0.1) is 0 Å². The number of hydrogen-bond donors (Lipinski definition) is 1. The minimum atomic E-state index is 0. The van der Waals surface area contributed by atoms with E-state index >= 15 is 0 Å². The average molecular weight is 189 g/mol. The molecule has 1 aliphatic rings. The van der Waals surface area contributed by atoms with Gasteiger partial charge in [-0.15, -0.1) is 0 Å². The third-order valence-electron chi connectivity index (χ3n) is 0.903. The molecule has 0 aromatic heterocycles. The van der Waals surface area contributed by atoms with Crippen LogP contribution in [0, 0.1) is 0 Å². The van der Waals surface area contributed by atoms with E-state index in [4.69, 9.17) is 0 Å². The first kappa shape index (κ1) is 11.5. The Bertz CT molecular complexity index is 70.4. The molecule has 1 saturated heterocycles. The Hall–Kier alpha value is 0.716. The number of hydrogen-bond acceptors (Lipinski definition) is 1. The fraction of sp³-hybridized carbons (Fsp3) is 0.750. The molecule has 1 aliphatic heterocycles. The summed E-state index contributed by atoms with van der Waals surface area (Å²) in [6, 6.07) is 0. The summed E-state index contributed by atoms with van der Waals surface area (Å²) in [6.07, 6.45) is 1.76. The van der Waals surface area contributed by atoms with Crippen molar-refractivity contribution in [2.75, 3.05) is 6.54 Å². The molecule has 0 aromatic rings. The van der Waals surface area contributed by atoms with Gasteiger partial charge in [0.1, 0.15) is 0 Å². The Morgan fingerprint density at radius 1 is 1.50 bits per heavy atom. The van der Waals surface area contributed by atoms with Crippen LogP contribution in [0.4, 0.5) is 0 Å². The van der Waals surface area contributed by atoms with Gasteiger partial charge in [-0.1, -0.05) is 0 Å². The first-order valence-corrected chi connectivity index (χ1v) is 2.16. The minimum Gasteiger partial charge on any atom is -1.00 e. The van der Waals surface area contributed by atoms with E-state index in [1.165, 1.54) is 0 Å². The Morgan fingerprint density at radius 3 is 2.25 bits per heavy atom. The summed E-state index contributed by atoms with van der Waals surface area (Å²) in [5.74, 6) is 0.204. The van der Waals surface area contributed by atoms with E-state index in [-0.39, 0.29) is 45.9 Å². The molecule has 0 atom stereocenters. The van der Waals surface area contributed by atoms with Crippen LogP contribution in [-0.2, 0) is 4.79 Å². The van der Waals surface area contributed by atoms with Crippen LogP contribution in [0.15, 0.2) is 0 Å². The van der Waals surface area contributed by atoms with Crippen molar-refractivity contribution >= 4 is 29.0 Å². The number of carbonyl (C=O) groups is 1. The minimum absolute atomic E-state index is 0. The summed E-state index contributed by atoms with van der Waals surface area (Å²) < 4.78 is 0. The normalized spacial score (nSPS) is 15.8. The molecule has 1 rings (SSSR count). The molecule has 0 bridgehead atoms. The first-order chi connectivity index (χ1) is 2.89. The average Bonchev–Trinajstić information content (AvgIpc) is 1.86. The van der Waals surface area contributed by atoms with E-state index in [9.17, 15) is 4.79 Å². The molecule has 1 N–H and O–H groups in total. The van der Waals surface area contributed by atoms with Crippen LogP contribution in [-0.4, -0.2) is 35.5 Å². The van der Waals surface area contributed by atoms with Crippen molar-refractivity contribution in [1.29, 1.82) is 0 Å². The molecule has 0 unspecified atom stereocenters. The molecular weight excluding hydrogens is 182 g/mol. The topological polar surface area (TPSA) is 29.1 Å². The van der Waals surface area contributed by atoms with Crippen LogP contribution in [0.25, 0.3) is 0 Å². The number of carbonyl (C=O) groups excluding carboxylic acids is 1. The van der Waals surface area contributed by atoms with Crippen LogP contribution in [0.5, 0.6) is 0 Å². The molecule has 0 radical (unpaired) electrons. The van der Waals surface area contributed by atoms with Gasteiger partial charge in [-0.05, 0) is 6.42 Å². The standard InChI is InChI=1S/C4H7NO.BrH.Mg/c6-4-2-1-3-5-4;;/h1-3H2,(H,5,6);1H;/q;;+2/p-1. The molecule has 0 aliphatic carbocycles. The van der Waals surface area contributed by atoms with Gasteiger partial charge in [-0.2, -0.15) is 0 Å². The van der Waals surface area contributed by atoms with Gasteiger partial charge in [-0.3, -0.25) is 4.79 Å². The van der Waals surface area contributed by atoms with Gasteiger partial charge in [0.2, 0.25) is 5.91 Å². The zero-order chi connectivity index (χ0) is 4.41. The van der Waals surface area contributed by atoms with Crippen molar-refractivity contribution < 1.29 is 21.8 Å². The summed E-state index contributed by atoms with van der Waals surface area (Å²) in [6.45, 7) is 0.888. The summed E-state index contributed by atoms with van der Waals surface area (Å²) in [5.41, 5.74) is 0. The number of halogens is 1. The predicted octanol–water partition coefficient (Wildman–Crippen LogP) is -3.48. The zero-order valence-corrected chi connectivity index (χ0v) is 7.61. The maximum atomic E-state index is 10.1. The molecule has 8 heavy (non-hydrogen) atoms. The Labute approximate surface area is 75.3 Å². The van der Waals surface area contributed by atoms with Crippen molar-refractivity contribution in [3.05, 3.63) is 0 Å². The third-order valence-corrected chi connectivity index (χ3v) is 0.903. The SMILES string of the molecule is O=C1CCCN1.[Br-].[Mg+2].